The zero-order valence-electron chi connectivity index (χ0n) is 27.6. The Morgan fingerprint density at radius 3 is 1.20 bits per heavy atom. The average Bonchev–Trinajstić information content (AvgIpc) is 3.16. The predicted octanol–water partition coefficient (Wildman–Crippen LogP) is 8.47. The zero-order valence-corrected chi connectivity index (χ0v) is 37.4. The van der Waals surface area contributed by atoms with Gasteiger partial charge in [-0.2, -0.15) is 0 Å². The highest BCUT2D eigenvalue weighted by Crippen LogP contribution is 2.64. The number of nitrogens with zero attached hydrogens (tertiary/aromatic N) is 4. The molecule has 0 aromatic rings. The maximum atomic E-state index is 12.1. The number of rotatable bonds is 13. The lowest BCUT2D eigenvalue weighted by Crippen LogP contribution is -2.55. The lowest BCUT2D eigenvalue weighted by Gasteiger charge is -2.47. The van der Waals surface area contributed by atoms with Crippen LogP contribution in [-0.4, -0.2) is 127 Å². The van der Waals surface area contributed by atoms with E-state index in [2.05, 4.69) is 19.6 Å². The summed E-state index contributed by atoms with van der Waals surface area (Å²) in [4.78, 5) is 8.80. The summed E-state index contributed by atoms with van der Waals surface area (Å²) in [5, 5.41) is 34.6. The van der Waals surface area contributed by atoms with Crippen LogP contribution in [-0.2, 0) is 4.18 Å². The van der Waals surface area contributed by atoms with Crippen molar-refractivity contribution < 1.29 is 19.5 Å². The minimum atomic E-state index is -1.56. The first-order valence-electron chi connectivity index (χ1n) is 16.9. The van der Waals surface area contributed by atoms with Crippen molar-refractivity contribution in [2.75, 3.05) is 65.6 Å². The van der Waals surface area contributed by atoms with E-state index in [0.29, 0.717) is 4.32 Å². The number of aliphatic hydroxyl groups excluding tert-OH is 3. The van der Waals surface area contributed by atoms with Gasteiger partial charge >= 0.3 is 0 Å². The van der Waals surface area contributed by atoms with Gasteiger partial charge in [-0.05, 0) is 131 Å². The van der Waals surface area contributed by atoms with Gasteiger partial charge in [0.1, 0.15) is 28.1 Å². The third kappa shape index (κ3) is 12.9. The minimum Gasteiger partial charge on any atom is -0.395 e. The quantitative estimate of drug-likeness (QED) is 0.0715. The van der Waals surface area contributed by atoms with Crippen LogP contribution in [0.5, 0.6) is 0 Å². The summed E-state index contributed by atoms with van der Waals surface area (Å²) >= 11 is 24.6. The number of aliphatic hydroxyl groups is 3. The Kier molecular flexibility index (Phi) is 20.9. The fourth-order valence-corrected chi connectivity index (χ4v) is 19.2. The molecule has 8 nitrogen and oxygen atoms in total. The van der Waals surface area contributed by atoms with Crippen LogP contribution in [0, 0.1) is 5.41 Å². The molecule has 0 saturated carbocycles. The first kappa shape index (κ1) is 43.9. The second-order valence-corrected chi connectivity index (χ2v) is 23.8. The van der Waals surface area contributed by atoms with Crippen molar-refractivity contribution in [3.05, 3.63) is 0 Å². The summed E-state index contributed by atoms with van der Waals surface area (Å²) in [6.07, 6.45) is 13.5. The van der Waals surface area contributed by atoms with Crippen molar-refractivity contribution in [3.63, 3.8) is 0 Å². The largest absolute Gasteiger partial charge is 0.395 e. The van der Waals surface area contributed by atoms with Crippen molar-refractivity contribution in [2.45, 2.75) is 86.8 Å². The van der Waals surface area contributed by atoms with Gasteiger partial charge in [-0.25, -0.2) is 0 Å². The van der Waals surface area contributed by atoms with Gasteiger partial charge in [0.2, 0.25) is 4.27 Å². The van der Waals surface area contributed by atoms with Crippen LogP contribution in [0.2, 0.25) is 0 Å². The summed E-state index contributed by atoms with van der Waals surface area (Å²) in [5.74, 6) is 0. The maximum Gasteiger partial charge on any atom is 0.208 e. The first-order valence-corrected chi connectivity index (χ1v) is 27.1. The molecule has 4 aliphatic heterocycles. The van der Waals surface area contributed by atoms with Gasteiger partial charge in [0.25, 0.3) is 0 Å². The SMILES string of the molecule is OCC(CO)(C(O)SSC(=S)N1CCCCC1)C(OSSC(=S)N1CCCCC1)(SSC(=S)N1CCCCC1)SSC(=S)N1CCCCC1. The normalized spacial score (nSPS) is 20.3. The molecule has 0 radical (unpaired) electrons. The Hall–Kier alpha value is 2.20. The van der Waals surface area contributed by atoms with Crippen LogP contribution in [0.25, 0.3) is 0 Å². The molecule has 0 spiro atoms. The third-order valence-electron chi connectivity index (χ3n) is 9.01. The maximum absolute atomic E-state index is 12.1. The topological polar surface area (TPSA) is 82.9 Å². The predicted molar refractivity (Wildman–Crippen MR) is 239 cm³/mol. The molecule has 0 aliphatic carbocycles. The van der Waals surface area contributed by atoms with Crippen LogP contribution in [0.4, 0.5) is 0 Å². The molecule has 4 fully saturated rings. The second kappa shape index (κ2) is 23.3. The number of hydrogen-bond donors (Lipinski definition) is 3. The van der Waals surface area contributed by atoms with E-state index in [9.17, 15) is 15.3 Å². The lowest BCUT2D eigenvalue weighted by atomic mass is 9.91. The fraction of sp³-hybridized carbons (Fsp3) is 0.862. The van der Waals surface area contributed by atoms with E-state index in [1.54, 1.807) is 0 Å². The van der Waals surface area contributed by atoms with Crippen molar-refractivity contribution in [1.82, 2.24) is 19.6 Å². The van der Waals surface area contributed by atoms with Crippen LogP contribution in [0.1, 0.15) is 77.0 Å². The van der Waals surface area contributed by atoms with Crippen molar-refractivity contribution in [1.29, 1.82) is 0 Å². The molecule has 1 atom stereocenters. The number of hydrogen-bond acceptors (Lipinski definition) is 16. The molecule has 280 valence electrons. The van der Waals surface area contributed by atoms with Crippen molar-refractivity contribution in [2.24, 2.45) is 5.41 Å². The summed E-state index contributed by atoms with van der Waals surface area (Å²) < 4.78 is 8.24. The van der Waals surface area contributed by atoms with Crippen LogP contribution in [0.15, 0.2) is 0 Å². The molecular weight excluding hydrogens is 853 g/mol. The standard InChI is InChI=1S/C29H48N4O4S12/c34-21-28(22-35,23(36)42-43-24(38)30-13-5-1-6-14-30)29(47-44-25(39)31-15-7-2-8-16-31,48-45-26(40)32-17-9-3-10-18-32)37-49-46-27(41)33-19-11-4-12-20-33/h23,34-36H,1-22H2. The van der Waals surface area contributed by atoms with Gasteiger partial charge in [0.05, 0.1) is 24.3 Å². The van der Waals surface area contributed by atoms with E-state index in [1.807, 2.05) is 0 Å². The second-order valence-electron chi connectivity index (χ2n) is 12.4. The van der Waals surface area contributed by atoms with Crippen LogP contribution < -0.4 is 0 Å². The molecule has 4 heterocycles. The lowest BCUT2D eigenvalue weighted by molar-refractivity contribution is -0.0591. The van der Waals surface area contributed by atoms with Crippen LogP contribution in [0.3, 0.4) is 0 Å². The Balaban J connectivity index is 1.61. The highest BCUT2D eigenvalue weighted by molar-refractivity contribution is 8.92. The molecule has 0 aromatic carbocycles. The number of piperidine rings is 4. The van der Waals surface area contributed by atoms with E-state index in [1.165, 1.54) is 90.4 Å². The highest BCUT2D eigenvalue weighted by atomic mass is 33.1. The molecule has 49 heavy (non-hydrogen) atoms. The van der Waals surface area contributed by atoms with E-state index in [-0.39, 0.29) is 0 Å². The Bertz CT molecular complexity index is 1040. The Morgan fingerprint density at radius 1 is 0.531 bits per heavy atom. The molecule has 1 unspecified atom stereocenters. The van der Waals surface area contributed by atoms with Gasteiger partial charge in [0, 0.05) is 63.2 Å². The summed E-state index contributed by atoms with van der Waals surface area (Å²) in [7, 11) is 9.28. The molecule has 3 N–H and O–H groups in total. The van der Waals surface area contributed by atoms with E-state index >= 15 is 0 Å². The van der Waals surface area contributed by atoms with Crippen molar-refractivity contribution >= 4 is 153 Å². The van der Waals surface area contributed by atoms with Crippen LogP contribution >= 0.6 is 136 Å². The molecule has 20 heteroatoms. The van der Waals surface area contributed by atoms with E-state index in [0.717, 1.165) is 139 Å². The summed E-state index contributed by atoms with van der Waals surface area (Å²) in [5.41, 5.74) is -2.82. The number of likely N-dealkylation sites (tertiary alicyclic amines) is 4. The van der Waals surface area contributed by atoms with Gasteiger partial charge < -0.3 is 34.9 Å². The molecule has 4 aliphatic rings. The number of thiocarbonyl (C=S) groups is 4. The van der Waals surface area contributed by atoms with E-state index in [4.69, 9.17) is 53.1 Å². The molecule has 0 aromatic heterocycles. The molecular formula is C29H48N4O4S12. The first-order chi connectivity index (χ1) is 23.7. The smallest absolute Gasteiger partial charge is 0.208 e. The van der Waals surface area contributed by atoms with E-state index < -0.39 is 28.3 Å². The summed E-state index contributed by atoms with van der Waals surface area (Å²) in [6, 6.07) is 0. The summed E-state index contributed by atoms with van der Waals surface area (Å²) in [6.45, 7) is 6.10. The molecule has 4 rings (SSSR count). The molecule has 4 saturated heterocycles. The Labute approximate surface area is 346 Å². The third-order valence-corrected chi connectivity index (χ3v) is 23.0. The average molecular weight is 902 g/mol. The van der Waals surface area contributed by atoms with Gasteiger partial charge in [-0.1, -0.05) is 59.7 Å². The Morgan fingerprint density at radius 2 is 0.857 bits per heavy atom. The van der Waals surface area contributed by atoms with Gasteiger partial charge in [0.15, 0.2) is 0 Å². The minimum absolute atomic E-state index is 0.551. The molecule has 0 bridgehead atoms. The van der Waals surface area contributed by atoms with Crippen molar-refractivity contribution in [3.8, 4) is 0 Å². The highest BCUT2D eigenvalue weighted by Gasteiger charge is 2.60. The molecule has 0 amide bonds. The van der Waals surface area contributed by atoms with Gasteiger partial charge in [-0.3, -0.25) is 4.18 Å². The zero-order chi connectivity index (χ0) is 35.1. The van der Waals surface area contributed by atoms with Gasteiger partial charge in [-0.15, -0.1) is 0 Å². The fourth-order valence-electron chi connectivity index (χ4n) is 5.81. The monoisotopic (exact) mass is 900 g/mol.